The summed E-state index contributed by atoms with van der Waals surface area (Å²) in [5.74, 6) is 1.24. The van der Waals surface area contributed by atoms with Crippen molar-refractivity contribution in [2.45, 2.75) is 32.2 Å². The van der Waals surface area contributed by atoms with Gasteiger partial charge in [-0.3, -0.25) is 4.79 Å². The highest BCUT2D eigenvalue weighted by molar-refractivity contribution is 6.29. The van der Waals surface area contributed by atoms with Crippen LogP contribution in [0, 0.1) is 18.8 Å². The first-order valence-corrected chi connectivity index (χ1v) is 7.20. The minimum atomic E-state index is -0.0532. The summed E-state index contributed by atoms with van der Waals surface area (Å²) in [6.07, 6.45) is 3.67. The zero-order valence-corrected chi connectivity index (χ0v) is 11.7. The topological polar surface area (TPSA) is 54.0 Å². The Morgan fingerprint density at radius 3 is 3.11 bits per heavy atom. The fourth-order valence-corrected chi connectivity index (χ4v) is 3.54. The van der Waals surface area contributed by atoms with Crippen molar-refractivity contribution in [3.8, 4) is 0 Å². The Bertz CT molecular complexity index is 505. The van der Waals surface area contributed by atoms with Crippen LogP contribution in [0.25, 0.3) is 0 Å². The van der Waals surface area contributed by atoms with Gasteiger partial charge in [-0.05, 0) is 50.3 Å². The third kappa shape index (κ3) is 2.47. The number of hydrogen-bond acceptors (Lipinski definition) is 3. The molecular formula is C14H18ClN3O. The highest BCUT2D eigenvalue weighted by Crippen LogP contribution is 2.38. The van der Waals surface area contributed by atoms with Gasteiger partial charge in [-0.2, -0.15) is 0 Å². The average molecular weight is 280 g/mol. The maximum Gasteiger partial charge on any atom is 0.241 e. The largest absolute Gasteiger partial charge is 0.323 e. The number of aryl methyl sites for hydroxylation is 1. The van der Waals surface area contributed by atoms with E-state index in [0.29, 0.717) is 17.0 Å². The van der Waals surface area contributed by atoms with Gasteiger partial charge in [-0.25, -0.2) is 4.98 Å². The van der Waals surface area contributed by atoms with Gasteiger partial charge < -0.3 is 10.6 Å². The van der Waals surface area contributed by atoms with Crippen LogP contribution in [0.15, 0.2) is 12.1 Å². The molecule has 3 rings (SSSR count). The number of rotatable bonds is 2. The van der Waals surface area contributed by atoms with Crippen molar-refractivity contribution >= 4 is 23.2 Å². The van der Waals surface area contributed by atoms with Crippen molar-refractivity contribution in [1.29, 1.82) is 0 Å². The van der Waals surface area contributed by atoms with Gasteiger partial charge in [0.1, 0.15) is 5.15 Å². The predicted molar refractivity (Wildman–Crippen MR) is 75.2 cm³/mol. The first-order chi connectivity index (χ1) is 9.15. The number of nitrogens with zero attached hydrogens (tertiary/aromatic N) is 1. The van der Waals surface area contributed by atoms with Crippen LogP contribution in [-0.4, -0.2) is 23.5 Å². The smallest absolute Gasteiger partial charge is 0.241 e. The number of nitrogens with one attached hydrogen (secondary N) is 2. The number of pyridine rings is 1. The molecule has 1 aromatic heterocycles. The molecule has 0 radical (unpaired) electrons. The Kier molecular flexibility index (Phi) is 3.46. The molecule has 4 nitrogen and oxygen atoms in total. The van der Waals surface area contributed by atoms with E-state index >= 15 is 0 Å². The number of carbonyl (C=O) groups is 1. The van der Waals surface area contributed by atoms with E-state index in [1.54, 1.807) is 6.07 Å². The lowest BCUT2D eigenvalue weighted by molar-refractivity contribution is -0.118. The Balaban J connectivity index is 1.71. The third-order valence-corrected chi connectivity index (χ3v) is 4.55. The number of anilines is 1. The Morgan fingerprint density at radius 2 is 2.32 bits per heavy atom. The fraction of sp³-hybridized carbons (Fsp3) is 0.571. The van der Waals surface area contributed by atoms with Gasteiger partial charge >= 0.3 is 0 Å². The molecule has 0 bridgehead atoms. The van der Waals surface area contributed by atoms with Gasteiger partial charge in [0.05, 0.1) is 17.4 Å². The fourth-order valence-electron chi connectivity index (χ4n) is 3.35. The number of amides is 1. The van der Waals surface area contributed by atoms with E-state index in [1.165, 1.54) is 12.8 Å². The molecule has 1 saturated carbocycles. The van der Waals surface area contributed by atoms with Gasteiger partial charge in [-0.1, -0.05) is 18.0 Å². The van der Waals surface area contributed by atoms with E-state index in [1.807, 2.05) is 13.0 Å². The van der Waals surface area contributed by atoms with Crippen molar-refractivity contribution in [3.63, 3.8) is 0 Å². The van der Waals surface area contributed by atoms with Gasteiger partial charge in [0.15, 0.2) is 0 Å². The van der Waals surface area contributed by atoms with Crippen molar-refractivity contribution < 1.29 is 4.79 Å². The molecule has 2 fully saturated rings. The molecule has 2 heterocycles. The molecule has 0 aromatic carbocycles. The van der Waals surface area contributed by atoms with Crippen LogP contribution in [-0.2, 0) is 4.79 Å². The summed E-state index contributed by atoms with van der Waals surface area (Å²) in [5, 5.41) is 6.77. The van der Waals surface area contributed by atoms with Crippen molar-refractivity contribution in [2.75, 3.05) is 11.9 Å². The Labute approximate surface area is 117 Å². The van der Waals surface area contributed by atoms with Crippen LogP contribution in [0.4, 0.5) is 5.69 Å². The highest BCUT2D eigenvalue weighted by Gasteiger charge is 2.42. The molecule has 5 heteroatoms. The first-order valence-electron chi connectivity index (χ1n) is 6.82. The number of halogens is 1. The van der Waals surface area contributed by atoms with Crippen molar-refractivity contribution in [2.24, 2.45) is 11.8 Å². The van der Waals surface area contributed by atoms with E-state index in [9.17, 15) is 4.79 Å². The van der Waals surface area contributed by atoms with Crippen LogP contribution < -0.4 is 10.6 Å². The summed E-state index contributed by atoms with van der Waals surface area (Å²) >= 11 is 5.82. The summed E-state index contributed by atoms with van der Waals surface area (Å²) in [6, 6.07) is 3.46. The van der Waals surface area contributed by atoms with Gasteiger partial charge in [-0.15, -0.1) is 0 Å². The monoisotopic (exact) mass is 279 g/mol. The zero-order valence-electron chi connectivity index (χ0n) is 10.9. The summed E-state index contributed by atoms with van der Waals surface area (Å²) < 4.78 is 0. The molecule has 1 saturated heterocycles. The van der Waals surface area contributed by atoms with Crippen LogP contribution in [0.1, 0.15) is 25.0 Å². The molecule has 2 N–H and O–H groups in total. The standard InChI is InChI=1S/C14H18ClN3O/c1-8-11(5-6-12(15)17-8)18-14(19)13-10-4-2-3-9(10)7-16-13/h5-6,9-10,13,16H,2-4,7H2,1H3,(H,18,19). The minimum Gasteiger partial charge on any atom is -0.323 e. The molecule has 3 unspecified atom stereocenters. The van der Waals surface area contributed by atoms with Crippen LogP contribution in [0.2, 0.25) is 5.15 Å². The van der Waals surface area contributed by atoms with Crippen LogP contribution in [0.5, 0.6) is 0 Å². The van der Waals surface area contributed by atoms with Crippen molar-refractivity contribution in [3.05, 3.63) is 23.0 Å². The van der Waals surface area contributed by atoms with Gasteiger partial charge in [0.25, 0.3) is 0 Å². The lowest BCUT2D eigenvalue weighted by atomic mass is 9.93. The van der Waals surface area contributed by atoms with Gasteiger partial charge in [0, 0.05) is 0 Å². The Morgan fingerprint density at radius 1 is 1.47 bits per heavy atom. The Hall–Kier alpha value is -1.13. The summed E-state index contributed by atoms with van der Waals surface area (Å²) in [5.41, 5.74) is 1.50. The number of carbonyl (C=O) groups excluding carboxylic acids is 1. The van der Waals surface area contributed by atoms with E-state index in [0.717, 1.165) is 24.3 Å². The van der Waals surface area contributed by atoms with Crippen molar-refractivity contribution in [1.82, 2.24) is 10.3 Å². The number of hydrogen-bond donors (Lipinski definition) is 2. The normalized spacial score (nSPS) is 29.3. The quantitative estimate of drug-likeness (QED) is 0.817. The molecule has 1 aromatic rings. The summed E-state index contributed by atoms with van der Waals surface area (Å²) in [7, 11) is 0. The maximum atomic E-state index is 12.4. The van der Waals surface area contributed by atoms with E-state index in [2.05, 4.69) is 15.6 Å². The van der Waals surface area contributed by atoms with Crippen LogP contribution >= 0.6 is 11.6 Å². The van der Waals surface area contributed by atoms with E-state index < -0.39 is 0 Å². The zero-order chi connectivity index (χ0) is 13.4. The van der Waals surface area contributed by atoms with E-state index in [4.69, 9.17) is 11.6 Å². The molecule has 1 aliphatic carbocycles. The number of aromatic nitrogens is 1. The highest BCUT2D eigenvalue weighted by atomic mass is 35.5. The second-order valence-electron chi connectivity index (χ2n) is 5.50. The third-order valence-electron chi connectivity index (χ3n) is 4.34. The average Bonchev–Trinajstić information content (AvgIpc) is 2.94. The maximum absolute atomic E-state index is 12.4. The molecule has 102 valence electrons. The predicted octanol–water partition coefficient (Wildman–Crippen LogP) is 2.37. The second kappa shape index (κ2) is 5.10. The minimum absolute atomic E-state index is 0.0532. The molecule has 1 amide bonds. The van der Waals surface area contributed by atoms with E-state index in [-0.39, 0.29) is 11.9 Å². The lowest BCUT2D eigenvalue weighted by Gasteiger charge is -2.18. The SMILES string of the molecule is Cc1nc(Cl)ccc1NC(=O)C1NCC2CCCC21. The molecular weight excluding hydrogens is 262 g/mol. The second-order valence-corrected chi connectivity index (χ2v) is 5.88. The molecule has 1 aliphatic heterocycles. The molecule has 3 atom stereocenters. The number of fused-ring (bicyclic) bond motifs is 1. The lowest BCUT2D eigenvalue weighted by Crippen LogP contribution is -2.39. The molecule has 2 aliphatic rings. The first kappa shape index (κ1) is 12.9. The molecule has 0 spiro atoms. The van der Waals surface area contributed by atoms with Crippen LogP contribution in [0.3, 0.4) is 0 Å². The summed E-state index contributed by atoms with van der Waals surface area (Å²) in [4.78, 5) is 16.5. The molecule has 19 heavy (non-hydrogen) atoms. The van der Waals surface area contributed by atoms with Gasteiger partial charge in [0.2, 0.25) is 5.91 Å². The summed E-state index contributed by atoms with van der Waals surface area (Å²) in [6.45, 7) is 2.82.